The Morgan fingerprint density at radius 2 is 2.45 bits per heavy atom. The van der Waals surface area contributed by atoms with Gasteiger partial charge in [-0.25, -0.2) is 0 Å². The van der Waals surface area contributed by atoms with Gasteiger partial charge >= 0.3 is 0 Å². The molecule has 0 bridgehead atoms. The van der Waals surface area contributed by atoms with Crippen molar-refractivity contribution in [3.05, 3.63) is 24.0 Å². The highest BCUT2D eigenvalue weighted by Gasteiger charge is 2.28. The Labute approximate surface area is 120 Å². The number of H-pyrrole nitrogens is 1. The number of hydrogen-bond donors (Lipinski definition) is 2. The number of carbonyl (C=O) groups is 1. The largest absolute Gasteiger partial charge is 0.376 e. The lowest BCUT2D eigenvalue weighted by atomic mass is 10.1. The average Bonchev–Trinajstić information content (AvgIpc) is 2.99. The predicted molar refractivity (Wildman–Crippen MR) is 78.3 cm³/mol. The average molecular weight is 279 g/mol. The summed E-state index contributed by atoms with van der Waals surface area (Å²) in [6.07, 6.45) is 3.95. The predicted octanol–water partition coefficient (Wildman–Crippen LogP) is 1.52. The SMILES string of the molecule is CCC1CN(C(CC)C(=O)NCc2ccc[nH]2)CCO1. The van der Waals surface area contributed by atoms with Crippen molar-refractivity contribution in [3.8, 4) is 0 Å². The highest BCUT2D eigenvalue weighted by Crippen LogP contribution is 2.13. The Bertz CT molecular complexity index is 405. The maximum atomic E-state index is 12.4. The Morgan fingerprint density at radius 3 is 3.10 bits per heavy atom. The first-order valence-electron chi connectivity index (χ1n) is 7.50. The fourth-order valence-corrected chi connectivity index (χ4v) is 2.66. The van der Waals surface area contributed by atoms with Crippen LogP contribution in [0.25, 0.3) is 0 Å². The van der Waals surface area contributed by atoms with Gasteiger partial charge in [0, 0.05) is 25.0 Å². The number of hydrogen-bond acceptors (Lipinski definition) is 3. The van der Waals surface area contributed by atoms with Crippen LogP contribution in [0.1, 0.15) is 32.4 Å². The summed E-state index contributed by atoms with van der Waals surface area (Å²) < 4.78 is 5.67. The molecule has 0 saturated carbocycles. The molecule has 0 aliphatic carbocycles. The molecule has 0 radical (unpaired) electrons. The minimum absolute atomic E-state index is 0.0529. The van der Waals surface area contributed by atoms with Gasteiger partial charge in [-0.1, -0.05) is 13.8 Å². The topological polar surface area (TPSA) is 57.4 Å². The second-order valence-corrected chi connectivity index (χ2v) is 5.23. The lowest BCUT2D eigenvalue weighted by Crippen LogP contribution is -2.53. The van der Waals surface area contributed by atoms with Crippen molar-refractivity contribution in [2.45, 2.75) is 45.4 Å². The van der Waals surface area contributed by atoms with E-state index in [1.807, 2.05) is 18.3 Å². The van der Waals surface area contributed by atoms with Gasteiger partial charge in [-0.3, -0.25) is 9.69 Å². The highest BCUT2D eigenvalue weighted by molar-refractivity contribution is 5.81. The third-order valence-corrected chi connectivity index (χ3v) is 3.87. The molecule has 1 aromatic heterocycles. The van der Waals surface area contributed by atoms with E-state index in [9.17, 15) is 4.79 Å². The van der Waals surface area contributed by atoms with Crippen LogP contribution < -0.4 is 5.32 Å². The van der Waals surface area contributed by atoms with Gasteiger partial charge in [-0.2, -0.15) is 0 Å². The molecule has 1 aliphatic rings. The molecule has 0 spiro atoms. The van der Waals surface area contributed by atoms with Gasteiger partial charge < -0.3 is 15.0 Å². The molecular formula is C15H25N3O2. The smallest absolute Gasteiger partial charge is 0.237 e. The monoisotopic (exact) mass is 279 g/mol. The maximum absolute atomic E-state index is 12.4. The summed E-state index contributed by atoms with van der Waals surface area (Å²) in [6.45, 7) is 7.16. The number of rotatable bonds is 6. The molecule has 2 heterocycles. The fourth-order valence-electron chi connectivity index (χ4n) is 2.66. The molecule has 2 N–H and O–H groups in total. The molecule has 1 aliphatic heterocycles. The van der Waals surface area contributed by atoms with Gasteiger partial charge in [0.1, 0.15) is 0 Å². The van der Waals surface area contributed by atoms with Crippen LogP contribution in [-0.2, 0) is 16.1 Å². The molecule has 20 heavy (non-hydrogen) atoms. The van der Waals surface area contributed by atoms with Crippen LogP contribution in [-0.4, -0.2) is 47.6 Å². The van der Waals surface area contributed by atoms with Gasteiger partial charge in [0.2, 0.25) is 5.91 Å². The lowest BCUT2D eigenvalue weighted by molar-refractivity contribution is -0.130. The molecule has 2 rings (SSSR count). The molecule has 5 heteroatoms. The normalized spacial score (nSPS) is 21.6. The molecule has 5 nitrogen and oxygen atoms in total. The molecule has 1 aromatic rings. The Balaban J connectivity index is 1.87. The van der Waals surface area contributed by atoms with E-state index < -0.39 is 0 Å². The van der Waals surface area contributed by atoms with Crippen LogP contribution in [0.5, 0.6) is 0 Å². The number of aromatic nitrogens is 1. The van der Waals surface area contributed by atoms with Crippen molar-refractivity contribution >= 4 is 5.91 Å². The zero-order valence-corrected chi connectivity index (χ0v) is 12.4. The summed E-state index contributed by atoms with van der Waals surface area (Å²) >= 11 is 0. The second-order valence-electron chi connectivity index (χ2n) is 5.23. The molecule has 0 aromatic carbocycles. The quantitative estimate of drug-likeness (QED) is 0.830. The van der Waals surface area contributed by atoms with Crippen molar-refractivity contribution in [2.75, 3.05) is 19.7 Å². The standard InChI is InChI=1S/C15H25N3O2/c1-3-13-11-18(8-9-20-13)14(4-2)15(19)17-10-12-6-5-7-16-12/h5-7,13-14,16H,3-4,8-11H2,1-2H3,(H,17,19). The van der Waals surface area contributed by atoms with E-state index in [4.69, 9.17) is 4.74 Å². The van der Waals surface area contributed by atoms with Crippen molar-refractivity contribution in [1.29, 1.82) is 0 Å². The van der Waals surface area contributed by atoms with Gasteiger partial charge in [-0.05, 0) is 25.0 Å². The Morgan fingerprint density at radius 1 is 1.60 bits per heavy atom. The van der Waals surface area contributed by atoms with Gasteiger partial charge in [-0.15, -0.1) is 0 Å². The molecule has 2 unspecified atom stereocenters. The van der Waals surface area contributed by atoms with Crippen molar-refractivity contribution in [1.82, 2.24) is 15.2 Å². The summed E-state index contributed by atoms with van der Waals surface area (Å²) in [7, 11) is 0. The van der Waals surface area contributed by atoms with Gasteiger partial charge in [0.15, 0.2) is 0 Å². The summed E-state index contributed by atoms with van der Waals surface area (Å²) in [5, 5.41) is 3.01. The highest BCUT2D eigenvalue weighted by atomic mass is 16.5. The van der Waals surface area contributed by atoms with Crippen LogP contribution in [0.3, 0.4) is 0 Å². The zero-order valence-electron chi connectivity index (χ0n) is 12.4. The Hall–Kier alpha value is -1.33. The van der Waals surface area contributed by atoms with Crippen LogP contribution in [0.4, 0.5) is 0 Å². The van der Waals surface area contributed by atoms with Crippen molar-refractivity contribution < 1.29 is 9.53 Å². The van der Waals surface area contributed by atoms with E-state index in [0.29, 0.717) is 6.54 Å². The Kier molecular flexibility index (Phi) is 5.61. The van der Waals surface area contributed by atoms with E-state index in [2.05, 4.69) is 29.0 Å². The number of nitrogens with zero attached hydrogens (tertiary/aromatic N) is 1. The third-order valence-electron chi connectivity index (χ3n) is 3.87. The van der Waals surface area contributed by atoms with Crippen LogP contribution in [0, 0.1) is 0 Å². The third kappa shape index (κ3) is 3.84. The number of ether oxygens (including phenoxy) is 1. The zero-order chi connectivity index (χ0) is 14.4. The van der Waals surface area contributed by atoms with Crippen molar-refractivity contribution in [3.63, 3.8) is 0 Å². The van der Waals surface area contributed by atoms with E-state index in [1.165, 1.54) is 0 Å². The summed E-state index contributed by atoms with van der Waals surface area (Å²) in [5.74, 6) is 0.110. The number of amides is 1. The summed E-state index contributed by atoms with van der Waals surface area (Å²) in [6, 6.07) is 3.86. The first-order valence-corrected chi connectivity index (χ1v) is 7.50. The maximum Gasteiger partial charge on any atom is 0.237 e. The van der Waals surface area contributed by atoms with Crippen molar-refractivity contribution in [2.24, 2.45) is 0 Å². The van der Waals surface area contributed by atoms with Gasteiger partial charge in [0.05, 0.1) is 25.3 Å². The summed E-state index contributed by atoms with van der Waals surface area (Å²) in [5.41, 5.74) is 1.03. The number of carbonyl (C=O) groups excluding carboxylic acids is 1. The summed E-state index contributed by atoms with van der Waals surface area (Å²) in [4.78, 5) is 17.7. The molecule has 112 valence electrons. The van der Waals surface area contributed by atoms with E-state index in [-0.39, 0.29) is 18.1 Å². The van der Waals surface area contributed by atoms with Crippen LogP contribution in [0.15, 0.2) is 18.3 Å². The molecule has 1 saturated heterocycles. The number of morpholine rings is 1. The van der Waals surface area contributed by atoms with E-state index in [0.717, 1.165) is 38.2 Å². The fraction of sp³-hybridized carbons (Fsp3) is 0.667. The first kappa shape index (κ1) is 15.1. The van der Waals surface area contributed by atoms with Crippen LogP contribution >= 0.6 is 0 Å². The molecule has 1 fully saturated rings. The first-order chi connectivity index (χ1) is 9.74. The second kappa shape index (κ2) is 7.45. The van der Waals surface area contributed by atoms with Crippen LogP contribution in [0.2, 0.25) is 0 Å². The van der Waals surface area contributed by atoms with Gasteiger partial charge in [0.25, 0.3) is 0 Å². The van der Waals surface area contributed by atoms with E-state index >= 15 is 0 Å². The molecule has 2 atom stereocenters. The molecule has 1 amide bonds. The lowest BCUT2D eigenvalue weighted by Gasteiger charge is -2.37. The minimum atomic E-state index is -0.0529. The number of aromatic amines is 1. The van der Waals surface area contributed by atoms with E-state index in [1.54, 1.807) is 0 Å². The minimum Gasteiger partial charge on any atom is -0.376 e. The number of nitrogens with one attached hydrogen (secondary N) is 2. The molecular weight excluding hydrogens is 254 g/mol.